The zero-order valence-corrected chi connectivity index (χ0v) is 16.1. The molecule has 0 radical (unpaired) electrons. The van der Waals surface area contributed by atoms with E-state index in [2.05, 4.69) is 35.2 Å². The van der Waals surface area contributed by atoms with Crippen LogP contribution in [-0.4, -0.2) is 39.9 Å². The van der Waals surface area contributed by atoms with E-state index in [1.54, 1.807) is 6.20 Å². The van der Waals surface area contributed by atoms with Crippen LogP contribution in [-0.2, 0) is 4.79 Å². The Kier molecular flexibility index (Phi) is 4.55. The molecule has 2 fully saturated rings. The molecule has 6 heteroatoms. The lowest BCUT2D eigenvalue weighted by Gasteiger charge is -2.40. The number of aromatic nitrogens is 2. The van der Waals surface area contributed by atoms with Crippen molar-refractivity contribution in [3.63, 3.8) is 0 Å². The molecule has 6 nitrogen and oxygen atoms in total. The lowest BCUT2D eigenvalue weighted by molar-refractivity contribution is -0.134. The largest absolute Gasteiger partial charge is 0.381 e. The van der Waals surface area contributed by atoms with Crippen LogP contribution in [0, 0.1) is 22.7 Å². The molecule has 2 aromatic heterocycles. The number of fused-ring (bicyclic) bond motifs is 1. The average molecular weight is 365 g/mol. The highest BCUT2D eigenvalue weighted by atomic mass is 16.2. The van der Waals surface area contributed by atoms with Gasteiger partial charge in [-0.25, -0.2) is 4.98 Å². The van der Waals surface area contributed by atoms with Gasteiger partial charge in [0.1, 0.15) is 11.7 Å². The van der Waals surface area contributed by atoms with Gasteiger partial charge in [0.2, 0.25) is 5.91 Å². The Hall–Kier alpha value is -2.55. The number of anilines is 1. The van der Waals surface area contributed by atoms with Crippen LogP contribution in [0.25, 0.3) is 11.0 Å². The number of aromatic amines is 1. The SMILES string of the molecule is CC1(C)CCN(C(=O)CC2CC(Nc3c(C#N)cnc4[nH]ccc34)C2)CC1. The normalized spacial score (nSPS) is 24.3. The third-order valence-corrected chi connectivity index (χ3v) is 6.22. The Balaban J connectivity index is 1.31. The van der Waals surface area contributed by atoms with Gasteiger partial charge < -0.3 is 15.2 Å². The second-order valence-electron chi connectivity index (χ2n) is 8.83. The summed E-state index contributed by atoms with van der Waals surface area (Å²) in [5, 5.41) is 13.8. The van der Waals surface area contributed by atoms with E-state index in [9.17, 15) is 10.1 Å². The summed E-state index contributed by atoms with van der Waals surface area (Å²) in [6, 6.07) is 4.49. The summed E-state index contributed by atoms with van der Waals surface area (Å²) in [4.78, 5) is 22.0. The van der Waals surface area contributed by atoms with Gasteiger partial charge in [-0.05, 0) is 43.1 Å². The summed E-state index contributed by atoms with van der Waals surface area (Å²) in [5.74, 6) is 0.752. The Morgan fingerprint density at radius 2 is 2.15 bits per heavy atom. The fourth-order valence-electron chi connectivity index (χ4n) is 4.21. The van der Waals surface area contributed by atoms with Gasteiger partial charge in [-0.1, -0.05) is 13.8 Å². The molecule has 2 N–H and O–H groups in total. The highest BCUT2D eigenvalue weighted by Gasteiger charge is 2.34. The second-order valence-corrected chi connectivity index (χ2v) is 8.83. The number of nitrogens with zero attached hydrogens (tertiary/aromatic N) is 3. The smallest absolute Gasteiger partial charge is 0.222 e. The number of hydrogen-bond acceptors (Lipinski definition) is 4. The number of nitrogens with one attached hydrogen (secondary N) is 2. The molecular weight excluding hydrogens is 338 g/mol. The summed E-state index contributed by atoms with van der Waals surface area (Å²) in [6.45, 7) is 6.36. The second kappa shape index (κ2) is 6.88. The van der Waals surface area contributed by atoms with Crippen molar-refractivity contribution in [2.24, 2.45) is 11.3 Å². The van der Waals surface area contributed by atoms with E-state index in [1.165, 1.54) is 0 Å². The summed E-state index contributed by atoms with van der Waals surface area (Å²) in [5.41, 5.74) is 2.58. The molecule has 3 heterocycles. The minimum Gasteiger partial charge on any atom is -0.381 e. The number of nitriles is 1. The molecule has 1 aliphatic carbocycles. The van der Waals surface area contributed by atoms with Gasteiger partial charge in [-0.15, -0.1) is 0 Å². The molecule has 0 bridgehead atoms. The zero-order chi connectivity index (χ0) is 19.0. The molecule has 0 atom stereocenters. The molecule has 27 heavy (non-hydrogen) atoms. The maximum absolute atomic E-state index is 12.6. The van der Waals surface area contributed by atoms with Gasteiger partial charge in [-0.3, -0.25) is 4.79 Å². The number of rotatable bonds is 4. The van der Waals surface area contributed by atoms with E-state index in [1.807, 2.05) is 17.2 Å². The fraction of sp³-hybridized carbons (Fsp3) is 0.571. The van der Waals surface area contributed by atoms with Crippen molar-refractivity contribution in [2.75, 3.05) is 18.4 Å². The van der Waals surface area contributed by atoms with E-state index in [0.29, 0.717) is 35.3 Å². The number of H-pyrrole nitrogens is 1. The molecule has 1 aliphatic heterocycles. The van der Waals surface area contributed by atoms with E-state index in [4.69, 9.17) is 0 Å². The van der Waals surface area contributed by atoms with E-state index < -0.39 is 0 Å². The quantitative estimate of drug-likeness (QED) is 0.866. The first-order chi connectivity index (χ1) is 12.9. The number of pyridine rings is 1. The van der Waals surface area contributed by atoms with E-state index in [-0.39, 0.29) is 0 Å². The molecule has 1 saturated heterocycles. The van der Waals surface area contributed by atoms with Crippen LogP contribution in [0.3, 0.4) is 0 Å². The minimum absolute atomic E-state index is 0.309. The average Bonchev–Trinajstić information content (AvgIpc) is 3.08. The fourth-order valence-corrected chi connectivity index (χ4v) is 4.21. The topological polar surface area (TPSA) is 84.8 Å². The van der Waals surface area contributed by atoms with Crippen molar-refractivity contribution in [1.82, 2.24) is 14.9 Å². The van der Waals surface area contributed by atoms with Crippen LogP contribution < -0.4 is 5.32 Å². The molecule has 1 amide bonds. The molecule has 2 aromatic rings. The Labute approximate surface area is 160 Å². The van der Waals surface area contributed by atoms with Crippen molar-refractivity contribution < 1.29 is 4.79 Å². The van der Waals surface area contributed by atoms with E-state index in [0.717, 1.165) is 55.5 Å². The number of carbonyl (C=O) groups excluding carboxylic acids is 1. The van der Waals surface area contributed by atoms with Gasteiger partial charge in [0.25, 0.3) is 0 Å². The molecule has 0 spiro atoms. The highest BCUT2D eigenvalue weighted by molar-refractivity contribution is 5.92. The maximum Gasteiger partial charge on any atom is 0.222 e. The molecule has 1 saturated carbocycles. The van der Waals surface area contributed by atoms with Crippen molar-refractivity contribution in [1.29, 1.82) is 5.26 Å². The lowest BCUT2D eigenvalue weighted by Crippen LogP contribution is -2.44. The lowest BCUT2D eigenvalue weighted by atomic mass is 9.77. The Bertz CT molecular complexity index is 878. The Morgan fingerprint density at radius 1 is 1.41 bits per heavy atom. The molecule has 2 aliphatic rings. The van der Waals surface area contributed by atoms with Gasteiger partial charge in [0.15, 0.2) is 0 Å². The van der Waals surface area contributed by atoms with Crippen LogP contribution in [0.1, 0.15) is 51.5 Å². The van der Waals surface area contributed by atoms with Crippen LogP contribution >= 0.6 is 0 Å². The summed E-state index contributed by atoms with van der Waals surface area (Å²) >= 11 is 0. The van der Waals surface area contributed by atoms with Crippen molar-refractivity contribution in [3.05, 3.63) is 24.0 Å². The first-order valence-corrected chi connectivity index (χ1v) is 9.86. The van der Waals surface area contributed by atoms with Gasteiger partial charge in [0, 0.05) is 43.3 Å². The molecule has 0 unspecified atom stereocenters. The van der Waals surface area contributed by atoms with Crippen molar-refractivity contribution in [3.8, 4) is 6.07 Å². The Morgan fingerprint density at radius 3 is 2.85 bits per heavy atom. The van der Waals surface area contributed by atoms with Gasteiger partial charge >= 0.3 is 0 Å². The molecular formula is C21H27N5O. The molecule has 0 aromatic carbocycles. The number of likely N-dealkylation sites (tertiary alicyclic amines) is 1. The van der Waals surface area contributed by atoms with Gasteiger partial charge in [0.05, 0.1) is 11.3 Å². The summed E-state index contributed by atoms with van der Waals surface area (Å²) < 4.78 is 0. The van der Waals surface area contributed by atoms with Crippen LogP contribution in [0.15, 0.2) is 18.5 Å². The number of hydrogen-bond donors (Lipinski definition) is 2. The number of amides is 1. The third kappa shape index (κ3) is 3.64. The summed E-state index contributed by atoms with van der Waals surface area (Å²) in [6.07, 6.45) is 8.25. The van der Waals surface area contributed by atoms with Crippen molar-refractivity contribution >= 4 is 22.6 Å². The molecule has 142 valence electrons. The van der Waals surface area contributed by atoms with E-state index >= 15 is 0 Å². The minimum atomic E-state index is 0.309. The third-order valence-electron chi connectivity index (χ3n) is 6.22. The van der Waals surface area contributed by atoms with Gasteiger partial charge in [-0.2, -0.15) is 5.26 Å². The predicted molar refractivity (Wildman–Crippen MR) is 105 cm³/mol. The first-order valence-electron chi connectivity index (χ1n) is 9.86. The predicted octanol–water partition coefficient (Wildman–Crippen LogP) is 3.66. The monoisotopic (exact) mass is 365 g/mol. The van der Waals surface area contributed by atoms with Crippen LogP contribution in [0.2, 0.25) is 0 Å². The maximum atomic E-state index is 12.6. The highest BCUT2D eigenvalue weighted by Crippen LogP contribution is 2.36. The number of carbonyl (C=O) groups is 1. The summed E-state index contributed by atoms with van der Waals surface area (Å²) in [7, 11) is 0. The first kappa shape index (κ1) is 17.8. The molecule has 4 rings (SSSR count). The standard InChI is InChI=1S/C21H27N5O/c1-21(2)4-7-26(8-5-21)18(27)11-14-9-16(10-14)25-19-15(12-22)13-24-20-17(19)3-6-23-20/h3,6,13-14,16H,4-5,7-11H2,1-2H3,(H2,23,24,25). The van der Waals surface area contributed by atoms with Crippen molar-refractivity contribution in [2.45, 2.75) is 52.0 Å². The zero-order valence-electron chi connectivity index (χ0n) is 16.1. The van der Waals surface area contributed by atoms with Crippen LogP contribution in [0.4, 0.5) is 5.69 Å². The van der Waals surface area contributed by atoms with Crippen LogP contribution in [0.5, 0.6) is 0 Å². The number of piperidine rings is 1.